The van der Waals surface area contributed by atoms with Crippen LogP contribution in [0.25, 0.3) is 11.1 Å². The number of hydrogen-bond acceptors (Lipinski definition) is 26. The number of aliphatic hydroxyl groups excluding tert-OH is 6. The first-order valence-corrected chi connectivity index (χ1v) is 32.9. The van der Waals surface area contributed by atoms with Crippen LogP contribution in [0.15, 0.2) is 78.9 Å². The number of fused-ring (bicyclic) bond motifs is 15. The smallest absolute Gasteiger partial charge is 0.312 e. The molecule has 34 nitrogen and oxygen atoms in total. The van der Waals surface area contributed by atoms with Crippen molar-refractivity contribution >= 4 is 70.5 Å². The van der Waals surface area contributed by atoms with Crippen LogP contribution in [-0.2, 0) is 71.1 Å². The van der Waals surface area contributed by atoms with Crippen molar-refractivity contribution in [2.24, 2.45) is 17.4 Å². The molecule has 18 atom stereocenters. The quantitative estimate of drug-likeness (QED) is 0.0780. The number of amides is 7. The van der Waals surface area contributed by atoms with Crippen LogP contribution in [0.4, 0.5) is 0 Å². The topological polar surface area (TPSA) is 565 Å². The van der Waals surface area contributed by atoms with E-state index >= 15 is 14.4 Å². The fraction of sp³-hybridized carbons (Fsp3) is 0.441. The minimum Gasteiger partial charge on any atom is -0.508 e. The molecule has 0 aromatic heterocycles. The van der Waals surface area contributed by atoms with Gasteiger partial charge in [-0.15, -0.1) is 0 Å². The average Bonchev–Trinajstić information content (AvgIpc) is 1.37. The summed E-state index contributed by atoms with van der Waals surface area (Å²) in [7, 11) is 1.47. The van der Waals surface area contributed by atoms with Crippen LogP contribution in [0.2, 0.25) is 10.0 Å². The van der Waals surface area contributed by atoms with E-state index in [-0.39, 0.29) is 84.1 Å². The molecule has 7 heterocycles. The number of nitrogens with one attached hydrogen (secondary N) is 7. The molecule has 7 amide bonds. The molecule has 11 bridgehead atoms. The number of carbonyl (C=O) groups is 8. The van der Waals surface area contributed by atoms with Gasteiger partial charge in [-0.25, -0.2) is 0 Å². The maximum atomic E-state index is 16.1. The van der Waals surface area contributed by atoms with Gasteiger partial charge >= 0.3 is 5.97 Å². The fourth-order valence-corrected chi connectivity index (χ4v) is 13.1. The predicted molar refractivity (Wildman–Crippen MR) is 366 cm³/mol. The van der Waals surface area contributed by atoms with E-state index in [9.17, 15) is 75.0 Å². The number of ether oxygens (including phenoxy) is 6. The zero-order valence-corrected chi connectivity index (χ0v) is 59.1. The van der Waals surface area contributed by atoms with Crippen LogP contribution in [0.3, 0.4) is 0 Å². The number of benzene rings is 5. The van der Waals surface area contributed by atoms with Crippen LogP contribution >= 0.6 is 23.2 Å². The van der Waals surface area contributed by atoms with E-state index in [0.29, 0.717) is 0 Å². The van der Waals surface area contributed by atoms with Gasteiger partial charge in [0.15, 0.2) is 23.9 Å². The Hall–Kier alpha value is -8.66. The Labute approximate surface area is 622 Å². The second kappa shape index (κ2) is 34.3. The molecule has 7 aliphatic rings. The molecule has 2 saturated heterocycles. The molecule has 1 radical (unpaired) electrons. The van der Waals surface area contributed by atoms with Gasteiger partial charge in [-0.3, -0.25) is 38.4 Å². The molecule has 24 N–H and O–H groups in total. The monoisotopic (exact) mass is 1550 g/mol. The van der Waals surface area contributed by atoms with Crippen LogP contribution < -0.4 is 69.0 Å². The largest absolute Gasteiger partial charge is 0.508 e. The number of likely N-dealkylation sites (N-methyl/N-ethyl adjacent to an activating group) is 1. The third-order valence-electron chi connectivity index (χ3n) is 18.1. The normalized spacial score (nSPS) is 28.5. The molecule has 5 aromatic rings. The number of nitrogens with two attached hydrogens (primary N) is 2. The number of aliphatic hydroxyl groups is 6. The van der Waals surface area contributed by atoms with Gasteiger partial charge in [-0.1, -0.05) is 62.7 Å². The number of hydrogen-bond donors (Lipinski definition) is 20. The van der Waals surface area contributed by atoms with Crippen molar-refractivity contribution in [2.45, 2.75) is 164 Å². The zero-order valence-electron chi connectivity index (χ0n) is 56.2. The maximum absolute atomic E-state index is 16.1. The Morgan fingerprint density at radius 1 is 0.733 bits per heavy atom. The van der Waals surface area contributed by atoms with Crippen molar-refractivity contribution < 1.29 is 136 Å². The number of phenols is 3. The number of phenolic OH excluding ortho intramolecular Hbond substituents is 3. The number of carboxylic acids is 1. The molecule has 7 aliphatic heterocycles. The minimum absolute atomic E-state index is 0. The van der Waals surface area contributed by atoms with Gasteiger partial charge in [0.05, 0.1) is 47.2 Å². The number of rotatable bonds is 13. The first-order valence-electron chi connectivity index (χ1n) is 32.1. The minimum atomic E-state index is -2.35. The Morgan fingerprint density at radius 3 is 1.90 bits per heavy atom. The Balaban J connectivity index is 0.00000513. The molecule has 0 aliphatic carbocycles. The first kappa shape index (κ1) is 83.6. The predicted octanol–water partition coefficient (Wildman–Crippen LogP) is 0.944. The molecule has 569 valence electrons. The van der Waals surface area contributed by atoms with Crippen LogP contribution in [0, 0.1) is 5.92 Å². The van der Waals surface area contributed by atoms with E-state index in [0.717, 1.165) is 60.7 Å². The third kappa shape index (κ3) is 18.1. The summed E-state index contributed by atoms with van der Waals surface area (Å²) in [5, 5.41) is 131. The van der Waals surface area contributed by atoms with E-state index in [1.807, 2.05) is 13.8 Å². The fourth-order valence-electron chi connectivity index (χ4n) is 12.7. The van der Waals surface area contributed by atoms with Crippen molar-refractivity contribution in [1.82, 2.24) is 43.4 Å². The maximum Gasteiger partial charge on any atom is 0.312 e. The van der Waals surface area contributed by atoms with Gasteiger partial charge < -0.3 is 134 Å². The van der Waals surface area contributed by atoms with Crippen LogP contribution in [0.5, 0.6) is 46.0 Å². The second-order valence-electron chi connectivity index (χ2n) is 26.1. The number of aromatic hydroxyl groups is 3. The van der Waals surface area contributed by atoms with Crippen molar-refractivity contribution in [3.05, 3.63) is 117 Å². The van der Waals surface area contributed by atoms with E-state index in [1.54, 1.807) is 0 Å². The zero-order chi connectivity index (χ0) is 74.2. The molecule has 37 heteroatoms. The van der Waals surface area contributed by atoms with E-state index in [1.165, 1.54) is 39.1 Å². The molecular weight excluding hydrogens is 1460 g/mol. The molecule has 7 unspecified atom stereocenters. The molecular formula is C68H84Cl2N10O24V. The van der Waals surface area contributed by atoms with Crippen molar-refractivity contribution in [3.63, 3.8) is 0 Å². The molecule has 105 heavy (non-hydrogen) atoms. The summed E-state index contributed by atoms with van der Waals surface area (Å²) < 4.78 is 38.4. The summed E-state index contributed by atoms with van der Waals surface area (Å²) in [5.41, 5.74) is 8.36. The summed E-state index contributed by atoms with van der Waals surface area (Å²) >= 11 is 14.1. The SMILES string of the molecule is C.CN[C@H](CC(C)C)C(=O)NC1C(=O)N[C@@H](CC(N)=O)C(=O)N[C@H]2C(=O)N[C@H]3C(=O)N[C@H](C(=O)NC[C@@H](C(=O)O)c4cc(O)cc(O)c4-c4cc3ccc4O)[C@H](O)c3ccc(c(Cl)c3)Oc3cc2cc(c3O[C@H]2OC(CO)[C@@H](O)[C@H](O)C2OC2CC(C)(N)C(O)C(C)O2)Oc2ccc(cc2Cl)[C@H]1O.N.[V]. The van der Waals surface area contributed by atoms with Crippen molar-refractivity contribution in [1.29, 1.82) is 0 Å². The Bertz CT molecular complexity index is 4110. The summed E-state index contributed by atoms with van der Waals surface area (Å²) in [6.07, 6.45) is -18.4. The third-order valence-corrected chi connectivity index (χ3v) is 18.7. The van der Waals surface area contributed by atoms with Crippen LogP contribution in [-0.4, -0.2) is 197 Å². The van der Waals surface area contributed by atoms with Gasteiger partial charge in [0.2, 0.25) is 53.4 Å². The molecule has 12 rings (SSSR count). The standard InChI is InChI=1S/C67H77Cl2N9O24.CH4.H3N.V/c1-24(2)12-36(72-5)59(89)77-51-53(85)28-8-11-41(35(69)15-28)99-43-17-29-16-42(56(43)102-66-57(55(87)54(86)44(23-79)100-66)101-46-21-67(4,71)58(88)25(3)97-46)98-40-10-7-27(14-34(40)68)52(84)50-61(91)73-22-33(65(95)96)31-18-30(80)19-39(82)47(31)32-13-26(6-9-38(32)81)48(62(92)78-50)76-63(93)49(29)75-60(90)37(20-45(70)83)74-64(51)94;;;/h6-11,13-19,24-25,33,36-37,44,46,48-55,57-58,66,72,79-82,84-88H,12,20-23,71H2,1-5H3,(H2,70,83)(H,73,91)(H,74,94)(H,75,90)(H,76,93)(H,77,89)(H,78,92)(H,95,96);1H4;1H3;/t25?,33-,36-,37+,44?,46?,48-,49-,50+,51?,52-,53-,54-,55+,57?,58?,66-,67?;;;/m1.../s1. The van der Waals surface area contributed by atoms with Crippen molar-refractivity contribution in [3.8, 4) is 57.1 Å². The second-order valence-corrected chi connectivity index (χ2v) is 26.9. The summed E-state index contributed by atoms with van der Waals surface area (Å²) in [6.45, 7) is 4.79. The van der Waals surface area contributed by atoms with Gasteiger partial charge in [-0.2, -0.15) is 0 Å². The molecule has 5 aromatic carbocycles. The number of aliphatic carboxylic acids is 1. The average molecular weight is 1550 g/mol. The summed E-state index contributed by atoms with van der Waals surface area (Å²) in [5.74, 6) is -17.3. The molecule has 2 fully saturated rings. The van der Waals surface area contributed by atoms with E-state index in [2.05, 4.69) is 37.2 Å². The van der Waals surface area contributed by atoms with Crippen LogP contribution in [0.1, 0.15) is 112 Å². The van der Waals surface area contributed by atoms with Gasteiger partial charge in [0.25, 0.3) is 0 Å². The number of carboxylic acid groups (broad SMARTS) is 1. The number of carbonyl (C=O) groups excluding carboxylic acids is 7. The Kier molecular flexibility index (Phi) is 27.3. The summed E-state index contributed by atoms with van der Waals surface area (Å²) in [6, 6.07) is 1.95. The number of primary amides is 1. The molecule has 0 saturated carbocycles. The number of halogens is 2. The van der Waals surface area contributed by atoms with Gasteiger partial charge in [0, 0.05) is 54.3 Å². The first-order chi connectivity index (χ1) is 48.2. The van der Waals surface area contributed by atoms with Gasteiger partial charge in [0.1, 0.15) is 89.5 Å². The molecule has 0 spiro atoms. The van der Waals surface area contributed by atoms with Gasteiger partial charge in [-0.05, 0) is 116 Å². The van der Waals surface area contributed by atoms with E-state index < -0.39 is 238 Å². The van der Waals surface area contributed by atoms with E-state index in [4.69, 9.17) is 63.1 Å². The summed E-state index contributed by atoms with van der Waals surface area (Å²) in [4.78, 5) is 117. The Morgan fingerprint density at radius 2 is 1.32 bits per heavy atom. The van der Waals surface area contributed by atoms with Crippen molar-refractivity contribution in [2.75, 3.05) is 20.2 Å².